The summed E-state index contributed by atoms with van der Waals surface area (Å²) in [4.78, 5) is 0. The monoisotopic (exact) mass is 210 g/mol. The van der Waals surface area contributed by atoms with Gasteiger partial charge in [0.2, 0.25) is 0 Å². The summed E-state index contributed by atoms with van der Waals surface area (Å²) >= 11 is 0. The predicted octanol–water partition coefficient (Wildman–Crippen LogP) is 2.73. The van der Waals surface area contributed by atoms with Gasteiger partial charge in [0.1, 0.15) is 5.75 Å². The van der Waals surface area contributed by atoms with Crippen molar-refractivity contribution in [2.75, 3.05) is 0 Å². The van der Waals surface area contributed by atoms with Gasteiger partial charge in [-0.25, -0.2) is 4.68 Å². The minimum absolute atomic E-state index is 0.247. The van der Waals surface area contributed by atoms with Gasteiger partial charge in [-0.15, -0.1) is 0 Å². The van der Waals surface area contributed by atoms with Gasteiger partial charge in [-0.3, -0.25) is 0 Å². The molecule has 1 N–H and O–H groups in total. The Hall–Kier alpha value is -2.29. The highest BCUT2D eigenvalue weighted by atomic mass is 16.3. The van der Waals surface area contributed by atoms with Gasteiger partial charge in [-0.2, -0.15) is 5.10 Å². The summed E-state index contributed by atoms with van der Waals surface area (Å²) in [7, 11) is 0. The molecule has 0 amide bonds. The number of hydrogen-bond donors (Lipinski definition) is 1. The zero-order valence-corrected chi connectivity index (χ0v) is 8.54. The van der Waals surface area contributed by atoms with Crippen molar-refractivity contribution in [3.05, 3.63) is 54.7 Å². The molecule has 0 saturated heterocycles. The van der Waals surface area contributed by atoms with Gasteiger partial charge in [0.15, 0.2) is 0 Å². The van der Waals surface area contributed by atoms with Crippen molar-refractivity contribution in [3.63, 3.8) is 0 Å². The van der Waals surface area contributed by atoms with Gasteiger partial charge in [-0.05, 0) is 18.2 Å². The van der Waals surface area contributed by atoms with Crippen LogP contribution in [0.5, 0.6) is 5.75 Å². The lowest BCUT2D eigenvalue weighted by Gasteiger charge is -2.03. The van der Waals surface area contributed by atoms with Crippen molar-refractivity contribution in [1.82, 2.24) is 9.78 Å². The standard InChI is InChI=1S/C13H10N2O/c16-12-6-3-5-11(8-12)15-13-7-2-1-4-10(13)9-14-15/h1-9,16H. The van der Waals surface area contributed by atoms with E-state index in [1.165, 1.54) is 0 Å². The summed E-state index contributed by atoms with van der Waals surface area (Å²) in [5.74, 6) is 0.247. The van der Waals surface area contributed by atoms with Crippen molar-refractivity contribution in [3.8, 4) is 11.4 Å². The normalized spacial score (nSPS) is 10.8. The van der Waals surface area contributed by atoms with Gasteiger partial charge in [0.05, 0.1) is 17.4 Å². The van der Waals surface area contributed by atoms with Gasteiger partial charge in [-0.1, -0.05) is 24.3 Å². The molecule has 3 heteroatoms. The Morgan fingerprint density at radius 3 is 2.75 bits per heavy atom. The predicted molar refractivity (Wildman–Crippen MR) is 62.7 cm³/mol. The summed E-state index contributed by atoms with van der Waals surface area (Å²) in [6.07, 6.45) is 1.82. The van der Waals surface area contributed by atoms with E-state index in [4.69, 9.17) is 0 Å². The topological polar surface area (TPSA) is 38.0 Å². The van der Waals surface area contributed by atoms with Crippen molar-refractivity contribution >= 4 is 10.9 Å². The van der Waals surface area contributed by atoms with Crippen LogP contribution in [0.2, 0.25) is 0 Å². The van der Waals surface area contributed by atoms with E-state index in [2.05, 4.69) is 5.10 Å². The molecule has 0 aliphatic carbocycles. The van der Waals surface area contributed by atoms with Crippen LogP contribution in [0.4, 0.5) is 0 Å². The molecule has 0 bridgehead atoms. The average Bonchev–Trinajstić information content (AvgIpc) is 2.72. The second-order valence-electron chi connectivity index (χ2n) is 3.64. The van der Waals surface area contributed by atoms with Crippen LogP contribution < -0.4 is 0 Å². The highest BCUT2D eigenvalue weighted by molar-refractivity contribution is 5.80. The maximum atomic E-state index is 9.44. The molecule has 0 fully saturated rings. The number of fused-ring (bicyclic) bond motifs is 1. The van der Waals surface area contributed by atoms with Gasteiger partial charge < -0.3 is 5.11 Å². The van der Waals surface area contributed by atoms with E-state index >= 15 is 0 Å². The number of benzene rings is 2. The first-order chi connectivity index (χ1) is 7.84. The van der Waals surface area contributed by atoms with E-state index < -0.39 is 0 Å². The number of nitrogens with zero attached hydrogens (tertiary/aromatic N) is 2. The summed E-state index contributed by atoms with van der Waals surface area (Å²) in [5, 5.41) is 14.8. The number of phenolic OH excluding ortho intramolecular Hbond substituents is 1. The zero-order chi connectivity index (χ0) is 11.0. The molecule has 0 radical (unpaired) electrons. The lowest BCUT2D eigenvalue weighted by Crippen LogP contribution is -1.94. The lowest BCUT2D eigenvalue weighted by atomic mass is 10.2. The van der Waals surface area contributed by atoms with Crippen molar-refractivity contribution in [2.45, 2.75) is 0 Å². The van der Waals surface area contributed by atoms with E-state index in [-0.39, 0.29) is 5.75 Å². The van der Waals surface area contributed by atoms with E-state index in [0.29, 0.717) is 0 Å². The summed E-state index contributed by atoms with van der Waals surface area (Å²) in [5.41, 5.74) is 1.90. The molecule has 78 valence electrons. The zero-order valence-electron chi connectivity index (χ0n) is 8.54. The largest absolute Gasteiger partial charge is 0.508 e. The fourth-order valence-corrected chi connectivity index (χ4v) is 1.80. The Labute approximate surface area is 92.6 Å². The second kappa shape index (κ2) is 3.38. The molecule has 16 heavy (non-hydrogen) atoms. The molecule has 3 rings (SSSR count). The van der Waals surface area contributed by atoms with Gasteiger partial charge >= 0.3 is 0 Å². The lowest BCUT2D eigenvalue weighted by molar-refractivity contribution is 0.475. The number of phenols is 1. The molecule has 0 unspecified atom stereocenters. The first kappa shape index (κ1) is 8.97. The first-order valence-corrected chi connectivity index (χ1v) is 5.07. The Morgan fingerprint density at radius 1 is 1.00 bits per heavy atom. The second-order valence-corrected chi connectivity index (χ2v) is 3.64. The number of aromatic nitrogens is 2. The van der Waals surface area contributed by atoms with E-state index in [1.807, 2.05) is 41.2 Å². The molecule has 3 nitrogen and oxygen atoms in total. The van der Waals surface area contributed by atoms with Crippen molar-refractivity contribution in [2.24, 2.45) is 0 Å². The minimum Gasteiger partial charge on any atom is -0.508 e. The quantitative estimate of drug-likeness (QED) is 0.670. The summed E-state index contributed by atoms with van der Waals surface area (Å²) in [6, 6.07) is 15.0. The van der Waals surface area contributed by atoms with Crippen LogP contribution in [0.25, 0.3) is 16.6 Å². The van der Waals surface area contributed by atoms with Gasteiger partial charge in [0, 0.05) is 11.5 Å². The van der Waals surface area contributed by atoms with Crippen LogP contribution >= 0.6 is 0 Å². The third-order valence-corrected chi connectivity index (χ3v) is 2.55. The fourth-order valence-electron chi connectivity index (χ4n) is 1.80. The van der Waals surface area contributed by atoms with E-state index in [9.17, 15) is 5.11 Å². The Kier molecular flexibility index (Phi) is 1.90. The van der Waals surface area contributed by atoms with E-state index in [0.717, 1.165) is 16.6 Å². The number of rotatable bonds is 1. The molecule has 0 aliphatic heterocycles. The molecule has 0 saturated carbocycles. The molecule has 0 spiro atoms. The smallest absolute Gasteiger partial charge is 0.117 e. The molecule has 0 aliphatic rings. The molecular weight excluding hydrogens is 200 g/mol. The van der Waals surface area contributed by atoms with Crippen LogP contribution in [0, 0.1) is 0 Å². The van der Waals surface area contributed by atoms with Crippen LogP contribution in [0.1, 0.15) is 0 Å². The SMILES string of the molecule is Oc1cccc(-n2ncc3ccccc32)c1. The maximum absolute atomic E-state index is 9.44. The van der Waals surface area contributed by atoms with E-state index in [1.54, 1.807) is 18.2 Å². The number of para-hydroxylation sites is 1. The molecule has 1 heterocycles. The van der Waals surface area contributed by atoms with Gasteiger partial charge in [0.25, 0.3) is 0 Å². The Morgan fingerprint density at radius 2 is 1.88 bits per heavy atom. The highest BCUT2D eigenvalue weighted by Gasteiger charge is 2.03. The maximum Gasteiger partial charge on any atom is 0.117 e. The first-order valence-electron chi connectivity index (χ1n) is 5.07. The van der Waals surface area contributed by atoms with Crippen molar-refractivity contribution in [1.29, 1.82) is 0 Å². The van der Waals surface area contributed by atoms with Crippen LogP contribution in [-0.2, 0) is 0 Å². The minimum atomic E-state index is 0.247. The summed E-state index contributed by atoms with van der Waals surface area (Å²) < 4.78 is 1.81. The number of aromatic hydroxyl groups is 1. The molecule has 3 aromatic rings. The Bertz CT molecular complexity index is 643. The fraction of sp³-hybridized carbons (Fsp3) is 0. The number of hydrogen-bond acceptors (Lipinski definition) is 2. The Balaban J connectivity index is 2.26. The van der Waals surface area contributed by atoms with Crippen molar-refractivity contribution < 1.29 is 5.11 Å². The molecule has 2 aromatic carbocycles. The molecular formula is C13H10N2O. The van der Waals surface area contributed by atoms with Crippen LogP contribution in [-0.4, -0.2) is 14.9 Å². The highest BCUT2D eigenvalue weighted by Crippen LogP contribution is 2.20. The van der Waals surface area contributed by atoms with Crippen LogP contribution in [0.3, 0.4) is 0 Å². The average molecular weight is 210 g/mol. The molecule has 0 atom stereocenters. The third kappa shape index (κ3) is 1.34. The third-order valence-electron chi connectivity index (χ3n) is 2.55. The summed E-state index contributed by atoms with van der Waals surface area (Å²) in [6.45, 7) is 0. The molecule has 1 aromatic heterocycles. The van der Waals surface area contributed by atoms with Crippen LogP contribution in [0.15, 0.2) is 54.7 Å².